The Kier molecular flexibility index (Phi) is 4.45. The molecule has 0 fully saturated rings. The van der Waals surface area contributed by atoms with Crippen molar-refractivity contribution in [3.8, 4) is 0 Å². The number of carboxylic acids is 1. The molecule has 1 N–H and O–H groups in total. The molecular weight excluding hydrogens is 244 g/mol. The Labute approximate surface area is 102 Å². The van der Waals surface area contributed by atoms with Crippen LogP contribution in [0.25, 0.3) is 0 Å². The molecule has 1 rings (SSSR count). The highest BCUT2D eigenvalue weighted by Gasteiger charge is 2.15. The van der Waals surface area contributed by atoms with Crippen molar-refractivity contribution in [2.24, 2.45) is 0 Å². The average Bonchev–Trinajstić information content (AvgIpc) is 2.19. The van der Waals surface area contributed by atoms with Crippen LogP contribution in [0.5, 0.6) is 0 Å². The minimum absolute atomic E-state index is 0.00465. The number of hydrogen-bond donors (Lipinski definition) is 1. The van der Waals surface area contributed by atoms with Gasteiger partial charge >= 0.3 is 5.97 Å². The SMILES string of the molecule is Cc1cnc(SC(C)CC(=O)O)cc1[N+](=O)[O-]. The maximum Gasteiger partial charge on any atom is 0.304 e. The van der Waals surface area contributed by atoms with Crippen molar-refractivity contribution < 1.29 is 14.8 Å². The summed E-state index contributed by atoms with van der Waals surface area (Å²) in [7, 11) is 0. The molecule has 0 bridgehead atoms. The van der Waals surface area contributed by atoms with Gasteiger partial charge in [0.05, 0.1) is 11.3 Å². The van der Waals surface area contributed by atoms with Gasteiger partial charge in [-0.3, -0.25) is 14.9 Å². The van der Waals surface area contributed by atoms with E-state index in [1.807, 2.05) is 0 Å². The van der Waals surface area contributed by atoms with E-state index in [0.717, 1.165) is 0 Å². The van der Waals surface area contributed by atoms with E-state index in [0.29, 0.717) is 10.6 Å². The number of aryl methyl sites for hydroxylation is 1. The minimum Gasteiger partial charge on any atom is -0.481 e. The van der Waals surface area contributed by atoms with Gasteiger partial charge in [-0.15, -0.1) is 11.8 Å². The molecule has 1 aromatic heterocycles. The summed E-state index contributed by atoms with van der Waals surface area (Å²) in [5.41, 5.74) is 0.496. The van der Waals surface area contributed by atoms with Gasteiger partial charge < -0.3 is 5.11 Å². The summed E-state index contributed by atoms with van der Waals surface area (Å²) in [6, 6.07) is 1.37. The average molecular weight is 256 g/mol. The number of thioether (sulfide) groups is 1. The van der Waals surface area contributed by atoms with Gasteiger partial charge in [-0.1, -0.05) is 6.92 Å². The summed E-state index contributed by atoms with van der Waals surface area (Å²) in [6.07, 6.45) is 1.42. The summed E-state index contributed by atoms with van der Waals surface area (Å²) in [5, 5.41) is 19.6. The highest BCUT2D eigenvalue weighted by atomic mass is 32.2. The molecule has 1 heterocycles. The Bertz CT molecular complexity index is 450. The molecule has 0 aliphatic heterocycles. The van der Waals surface area contributed by atoms with Gasteiger partial charge in [0, 0.05) is 23.1 Å². The number of nitrogens with zero attached hydrogens (tertiary/aromatic N) is 2. The first-order chi connectivity index (χ1) is 7.90. The van der Waals surface area contributed by atoms with Crippen LogP contribution in [-0.2, 0) is 4.79 Å². The molecule has 0 aromatic carbocycles. The first kappa shape index (κ1) is 13.4. The predicted octanol–water partition coefficient (Wildman–Crippen LogP) is 2.25. The van der Waals surface area contributed by atoms with E-state index < -0.39 is 10.9 Å². The molecule has 17 heavy (non-hydrogen) atoms. The third-order valence-electron chi connectivity index (χ3n) is 2.03. The largest absolute Gasteiger partial charge is 0.481 e. The lowest BCUT2D eigenvalue weighted by molar-refractivity contribution is -0.385. The third-order valence-corrected chi connectivity index (χ3v) is 3.06. The molecule has 1 unspecified atom stereocenters. The lowest BCUT2D eigenvalue weighted by atomic mass is 10.3. The number of aliphatic carboxylic acids is 1. The second-order valence-corrected chi connectivity index (χ2v) is 5.05. The fraction of sp³-hybridized carbons (Fsp3) is 0.400. The summed E-state index contributed by atoms with van der Waals surface area (Å²) in [4.78, 5) is 24.8. The lowest BCUT2D eigenvalue weighted by Gasteiger charge is -2.07. The minimum atomic E-state index is -0.897. The van der Waals surface area contributed by atoms with Crippen molar-refractivity contribution in [2.45, 2.75) is 30.5 Å². The van der Waals surface area contributed by atoms with Gasteiger partial charge in [0.25, 0.3) is 5.69 Å². The molecule has 0 aliphatic rings. The van der Waals surface area contributed by atoms with Crippen LogP contribution < -0.4 is 0 Å². The number of rotatable bonds is 5. The van der Waals surface area contributed by atoms with Gasteiger partial charge in [-0.25, -0.2) is 4.98 Å². The van der Waals surface area contributed by atoms with Crippen molar-refractivity contribution in [1.29, 1.82) is 0 Å². The molecule has 1 atom stereocenters. The van der Waals surface area contributed by atoms with E-state index in [1.165, 1.54) is 24.0 Å². The lowest BCUT2D eigenvalue weighted by Crippen LogP contribution is -2.06. The topological polar surface area (TPSA) is 93.3 Å². The highest BCUT2D eigenvalue weighted by Crippen LogP contribution is 2.27. The van der Waals surface area contributed by atoms with E-state index in [4.69, 9.17) is 5.11 Å². The van der Waals surface area contributed by atoms with Gasteiger partial charge in [-0.2, -0.15) is 0 Å². The number of aromatic nitrogens is 1. The summed E-state index contributed by atoms with van der Waals surface area (Å²) in [5.74, 6) is -0.897. The van der Waals surface area contributed by atoms with Crippen molar-refractivity contribution in [2.75, 3.05) is 0 Å². The Morgan fingerprint density at radius 2 is 2.35 bits per heavy atom. The second kappa shape index (κ2) is 5.62. The quantitative estimate of drug-likeness (QED) is 0.493. The van der Waals surface area contributed by atoms with Crippen LogP contribution in [0.3, 0.4) is 0 Å². The molecular formula is C10H12N2O4S. The normalized spacial score (nSPS) is 12.1. The van der Waals surface area contributed by atoms with Crippen LogP contribution in [0.15, 0.2) is 17.3 Å². The van der Waals surface area contributed by atoms with Crippen LogP contribution in [-0.4, -0.2) is 26.2 Å². The zero-order chi connectivity index (χ0) is 13.0. The molecule has 92 valence electrons. The molecule has 0 amide bonds. The standard InChI is InChI=1S/C10H12N2O4S/c1-6-5-11-9(4-8(6)12(15)16)17-7(2)3-10(13)14/h4-5,7H,3H2,1-2H3,(H,13,14). The Balaban J connectivity index is 2.82. The zero-order valence-electron chi connectivity index (χ0n) is 9.41. The van der Waals surface area contributed by atoms with E-state index in [1.54, 1.807) is 13.8 Å². The van der Waals surface area contributed by atoms with E-state index in [-0.39, 0.29) is 17.4 Å². The Morgan fingerprint density at radius 3 is 2.88 bits per heavy atom. The van der Waals surface area contributed by atoms with Gasteiger partial charge in [-0.05, 0) is 6.92 Å². The Hall–Kier alpha value is -1.63. The third kappa shape index (κ3) is 4.03. The molecule has 6 nitrogen and oxygen atoms in total. The van der Waals surface area contributed by atoms with Crippen LogP contribution in [0.1, 0.15) is 18.9 Å². The molecule has 0 spiro atoms. The Morgan fingerprint density at radius 1 is 1.71 bits per heavy atom. The number of carboxylic acid groups (broad SMARTS) is 1. The van der Waals surface area contributed by atoms with E-state index >= 15 is 0 Å². The van der Waals surface area contributed by atoms with Gasteiger partial charge in [0.1, 0.15) is 5.03 Å². The van der Waals surface area contributed by atoms with Crippen LogP contribution in [0, 0.1) is 17.0 Å². The number of hydrogen-bond acceptors (Lipinski definition) is 5. The second-order valence-electron chi connectivity index (χ2n) is 3.59. The fourth-order valence-corrected chi connectivity index (χ4v) is 2.18. The summed E-state index contributed by atoms with van der Waals surface area (Å²) >= 11 is 1.22. The molecule has 0 saturated heterocycles. The summed E-state index contributed by atoms with van der Waals surface area (Å²) < 4.78 is 0. The first-order valence-electron chi connectivity index (χ1n) is 4.89. The van der Waals surface area contributed by atoms with Crippen molar-refractivity contribution >= 4 is 23.4 Å². The smallest absolute Gasteiger partial charge is 0.304 e. The molecule has 0 saturated carbocycles. The van der Waals surface area contributed by atoms with Gasteiger partial charge in [0.15, 0.2) is 0 Å². The predicted molar refractivity (Wildman–Crippen MR) is 63.2 cm³/mol. The number of nitro groups is 1. The van der Waals surface area contributed by atoms with Crippen LogP contribution >= 0.6 is 11.8 Å². The highest BCUT2D eigenvalue weighted by molar-refractivity contribution is 7.99. The maximum absolute atomic E-state index is 10.7. The molecule has 7 heteroatoms. The maximum atomic E-state index is 10.7. The molecule has 0 radical (unpaired) electrons. The van der Waals surface area contributed by atoms with Crippen LogP contribution in [0.2, 0.25) is 0 Å². The van der Waals surface area contributed by atoms with E-state index in [9.17, 15) is 14.9 Å². The zero-order valence-corrected chi connectivity index (χ0v) is 10.2. The van der Waals surface area contributed by atoms with Crippen molar-refractivity contribution in [1.82, 2.24) is 4.98 Å². The van der Waals surface area contributed by atoms with Crippen molar-refractivity contribution in [3.05, 3.63) is 27.9 Å². The molecule has 1 aromatic rings. The van der Waals surface area contributed by atoms with E-state index in [2.05, 4.69) is 4.98 Å². The number of carbonyl (C=O) groups is 1. The van der Waals surface area contributed by atoms with Crippen LogP contribution in [0.4, 0.5) is 5.69 Å². The van der Waals surface area contributed by atoms with Gasteiger partial charge in [0.2, 0.25) is 0 Å². The number of pyridine rings is 1. The molecule has 0 aliphatic carbocycles. The monoisotopic (exact) mass is 256 g/mol. The summed E-state index contributed by atoms with van der Waals surface area (Å²) in [6.45, 7) is 3.35. The van der Waals surface area contributed by atoms with Crippen molar-refractivity contribution in [3.63, 3.8) is 0 Å². The fourth-order valence-electron chi connectivity index (χ4n) is 1.25. The first-order valence-corrected chi connectivity index (χ1v) is 5.77.